The number of piperazine rings is 1. The third-order valence-corrected chi connectivity index (χ3v) is 5.60. The third-order valence-electron chi connectivity index (χ3n) is 5.05. The van der Waals surface area contributed by atoms with Gasteiger partial charge in [-0.3, -0.25) is 4.79 Å². The van der Waals surface area contributed by atoms with E-state index in [9.17, 15) is 4.79 Å². The van der Waals surface area contributed by atoms with E-state index in [1.165, 1.54) is 0 Å². The average Bonchev–Trinajstić information content (AvgIpc) is 2.73. The standard InChI is InChI=1S/C22H22Cl2N6O/c1-14-5-6-25-19(11-14)28-20-13-21(27-15(2)26-20)29-7-9-30(10-8-29)22(31)17-4-3-16(23)12-18(17)24/h3-6,11-13H,7-10H2,1-2H3,(H,25,26,27,28). The van der Waals surface area contributed by atoms with Crippen LogP contribution >= 0.6 is 23.2 Å². The molecule has 1 aromatic carbocycles. The first-order chi connectivity index (χ1) is 14.9. The van der Waals surface area contributed by atoms with E-state index in [0.29, 0.717) is 53.4 Å². The molecule has 0 spiro atoms. The number of benzene rings is 1. The number of aryl methyl sites for hydroxylation is 2. The monoisotopic (exact) mass is 456 g/mol. The lowest BCUT2D eigenvalue weighted by molar-refractivity contribution is 0.0746. The minimum absolute atomic E-state index is 0.0898. The van der Waals surface area contributed by atoms with Crippen molar-refractivity contribution >= 4 is 46.6 Å². The second-order valence-electron chi connectivity index (χ2n) is 7.41. The Morgan fingerprint density at radius 1 is 0.968 bits per heavy atom. The fourth-order valence-electron chi connectivity index (χ4n) is 3.49. The van der Waals surface area contributed by atoms with E-state index >= 15 is 0 Å². The van der Waals surface area contributed by atoms with Crippen molar-refractivity contribution in [2.24, 2.45) is 0 Å². The molecule has 4 rings (SSSR count). The summed E-state index contributed by atoms with van der Waals surface area (Å²) in [6.07, 6.45) is 1.76. The van der Waals surface area contributed by atoms with Gasteiger partial charge in [-0.15, -0.1) is 0 Å². The van der Waals surface area contributed by atoms with Gasteiger partial charge in [0.15, 0.2) is 0 Å². The van der Waals surface area contributed by atoms with Crippen molar-refractivity contribution in [1.82, 2.24) is 19.9 Å². The van der Waals surface area contributed by atoms with Crippen molar-refractivity contribution in [2.75, 3.05) is 36.4 Å². The molecule has 1 amide bonds. The molecule has 1 fully saturated rings. The van der Waals surface area contributed by atoms with Crippen LogP contribution in [0.1, 0.15) is 21.7 Å². The highest BCUT2D eigenvalue weighted by Crippen LogP contribution is 2.24. The SMILES string of the molecule is Cc1ccnc(Nc2cc(N3CCN(C(=O)c4ccc(Cl)cc4Cl)CC3)nc(C)n2)c1. The summed E-state index contributed by atoms with van der Waals surface area (Å²) in [4.78, 5) is 30.2. The van der Waals surface area contributed by atoms with E-state index in [0.717, 1.165) is 17.2 Å². The molecule has 9 heteroatoms. The molecular formula is C22H22Cl2N6O. The number of nitrogens with one attached hydrogen (secondary N) is 1. The van der Waals surface area contributed by atoms with Crippen LogP contribution in [0.25, 0.3) is 0 Å². The van der Waals surface area contributed by atoms with Gasteiger partial charge in [-0.05, 0) is 49.7 Å². The van der Waals surface area contributed by atoms with Crippen molar-refractivity contribution in [2.45, 2.75) is 13.8 Å². The highest BCUT2D eigenvalue weighted by molar-refractivity contribution is 6.36. The summed E-state index contributed by atoms with van der Waals surface area (Å²) in [5.41, 5.74) is 1.58. The van der Waals surface area contributed by atoms with Gasteiger partial charge < -0.3 is 15.1 Å². The molecule has 0 atom stereocenters. The summed E-state index contributed by atoms with van der Waals surface area (Å²) in [7, 11) is 0. The highest BCUT2D eigenvalue weighted by atomic mass is 35.5. The van der Waals surface area contributed by atoms with Crippen molar-refractivity contribution in [3.63, 3.8) is 0 Å². The maximum atomic E-state index is 12.9. The molecule has 0 aliphatic carbocycles. The minimum atomic E-state index is -0.0898. The van der Waals surface area contributed by atoms with E-state index in [1.54, 1.807) is 29.3 Å². The lowest BCUT2D eigenvalue weighted by atomic mass is 10.1. The largest absolute Gasteiger partial charge is 0.353 e. The number of hydrogen-bond acceptors (Lipinski definition) is 6. The second-order valence-corrected chi connectivity index (χ2v) is 8.25. The van der Waals surface area contributed by atoms with Crippen LogP contribution in [-0.2, 0) is 0 Å². The van der Waals surface area contributed by atoms with Crippen LogP contribution in [0.15, 0.2) is 42.6 Å². The highest BCUT2D eigenvalue weighted by Gasteiger charge is 2.24. The van der Waals surface area contributed by atoms with Crippen LogP contribution in [-0.4, -0.2) is 51.9 Å². The molecule has 1 saturated heterocycles. The molecular weight excluding hydrogens is 435 g/mol. The number of anilines is 3. The Bertz CT molecular complexity index is 1110. The van der Waals surface area contributed by atoms with Crippen molar-refractivity contribution < 1.29 is 4.79 Å². The Kier molecular flexibility index (Phi) is 6.25. The maximum absolute atomic E-state index is 12.9. The molecule has 0 saturated carbocycles. The molecule has 1 N–H and O–H groups in total. The van der Waals surface area contributed by atoms with Crippen LogP contribution in [0.4, 0.5) is 17.5 Å². The lowest BCUT2D eigenvalue weighted by Crippen LogP contribution is -2.49. The second kappa shape index (κ2) is 9.08. The van der Waals surface area contributed by atoms with Crippen LogP contribution in [0, 0.1) is 13.8 Å². The zero-order chi connectivity index (χ0) is 22.0. The summed E-state index contributed by atoms with van der Waals surface area (Å²) in [6, 6.07) is 10.8. The summed E-state index contributed by atoms with van der Waals surface area (Å²) in [6.45, 7) is 6.35. The Hall–Kier alpha value is -2.90. The quantitative estimate of drug-likeness (QED) is 0.622. The third kappa shape index (κ3) is 5.06. The number of carbonyl (C=O) groups excluding carboxylic acids is 1. The lowest BCUT2D eigenvalue weighted by Gasteiger charge is -2.35. The molecule has 3 aromatic rings. The van der Waals surface area contributed by atoms with Gasteiger partial charge in [-0.25, -0.2) is 15.0 Å². The smallest absolute Gasteiger partial charge is 0.255 e. The van der Waals surface area contributed by atoms with Crippen LogP contribution in [0.2, 0.25) is 10.0 Å². The summed E-state index contributed by atoms with van der Waals surface area (Å²) < 4.78 is 0. The molecule has 1 aliphatic rings. The normalized spacial score (nSPS) is 13.9. The van der Waals surface area contributed by atoms with Gasteiger partial charge in [0, 0.05) is 43.5 Å². The molecule has 31 heavy (non-hydrogen) atoms. The Morgan fingerprint density at radius 2 is 1.74 bits per heavy atom. The number of rotatable bonds is 4. The van der Waals surface area contributed by atoms with Gasteiger partial charge in [0.2, 0.25) is 0 Å². The first-order valence-electron chi connectivity index (χ1n) is 9.94. The van der Waals surface area contributed by atoms with E-state index in [4.69, 9.17) is 23.2 Å². The van der Waals surface area contributed by atoms with E-state index in [2.05, 4.69) is 25.2 Å². The van der Waals surface area contributed by atoms with Gasteiger partial charge >= 0.3 is 0 Å². The van der Waals surface area contributed by atoms with Gasteiger partial charge in [0.1, 0.15) is 23.3 Å². The van der Waals surface area contributed by atoms with Gasteiger partial charge in [0.25, 0.3) is 5.91 Å². The summed E-state index contributed by atoms with van der Waals surface area (Å²) >= 11 is 12.1. The van der Waals surface area contributed by atoms with Crippen molar-refractivity contribution in [1.29, 1.82) is 0 Å². The van der Waals surface area contributed by atoms with Crippen molar-refractivity contribution in [3.05, 3.63) is 69.6 Å². The number of aromatic nitrogens is 3. The Labute approximate surface area is 191 Å². The zero-order valence-corrected chi connectivity index (χ0v) is 18.8. The fourth-order valence-corrected chi connectivity index (χ4v) is 3.97. The zero-order valence-electron chi connectivity index (χ0n) is 17.3. The number of nitrogens with zero attached hydrogens (tertiary/aromatic N) is 5. The van der Waals surface area contributed by atoms with Crippen LogP contribution < -0.4 is 10.2 Å². The van der Waals surface area contributed by atoms with Gasteiger partial charge in [0.05, 0.1) is 10.6 Å². The maximum Gasteiger partial charge on any atom is 0.255 e. The molecule has 0 bridgehead atoms. The molecule has 7 nitrogen and oxygen atoms in total. The molecule has 3 heterocycles. The van der Waals surface area contributed by atoms with E-state index < -0.39 is 0 Å². The Balaban J connectivity index is 1.45. The first kappa shape index (κ1) is 21.3. The Morgan fingerprint density at radius 3 is 2.45 bits per heavy atom. The molecule has 2 aromatic heterocycles. The fraction of sp³-hybridized carbons (Fsp3) is 0.273. The van der Waals surface area contributed by atoms with E-state index in [-0.39, 0.29) is 5.91 Å². The van der Waals surface area contributed by atoms with Gasteiger partial charge in [-0.2, -0.15) is 0 Å². The molecule has 0 unspecified atom stereocenters. The molecule has 160 valence electrons. The first-order valence-corrected chi connectivity index (χ1v) is 10.7. The number of carbonyl (C=O) groups is 1. The van der Waals surface area contributed by atoms with Crippen molar-refractivity contribution in [3.8, 4) is 0 Å². The summed E-state index contributed by atoms with van der Waals surface area (Å²) in [5, 5.41) is 4.12. The van der Waals surface area contributed by atoms with E-state index in [1.807, 2.05) is 32.0 Å². The predicted octanol–water partition coefficient (Wildman–Crippen LogP) is 4.50. The molecule has 1 aliphatic heterocycles. The van der Waals surface area contributed by atoms with Gasteiger partial charge in [-0.1, -0.05) is 23.2 Å². The van der Waals surface area contributed by atoms with Crippen LogP contribution in [0.5, 0.6) is 0 Å². The number of pyridine rings is 1. The number of amides is 1. The number of hydrogen-bond donors (Lipinski definition) is 1. The predicted molar refractivity (Wildman–Crippen MR) is 124 cm³/mol. The summed E-state index contributed by atoms with van der Waals surface area (Å²) in [5.74, 6) is 2.82. The van der Waals surface area contributed by atoms with Crippen LogP contribution in [0.3, 0.4) is 0 Å². The molecule has 0 radical (unpaired) electrons. The minimum Gasteiger partial charge on any atom is -0.353 e. The average molecular weight is 457 g/mol. The number of halogens is 2. The topological polar surface area (TPSA) is 74.2 Å².